The summed E-state index contributed by atoms with van der Waals surface area (Å²) >= 11 is 9.92. The van der Waals surface area contributed by atoms with E-state index in [1.165, 1.54) is 25.6 Å². The predicted molar refractivity (Wildman–Crippen MR) is 75.9 cm³/mol. The van der Waals surface area contributed by atoms with Gasteiger partial charge in [0.15, 0.2) is 0 Å². The summed E-state index contributed by atoms with van der Waals surface area (Å²) in [4.78, 5) is 9.16. The van der Waals surface area contributed by atoms with Crippen LogP contribution < -0.4 is 0 Å². The Morgan fingerprint density at radius 1 is 1.18 bits per heavy atom. The molecule has 96 valence electrons. The third kappa shape index (κ3) is 5.81. The van der Waals surface area contributed by atoms with Crippen molar-refractivity contribution in [1.82, 2.24) is 0 Å². The summed E-state index contributed by atoms with van der Waals surface area (Å²) in [5.74, 6) is 0.664. The fourth-order valence-electron chi connectivity index (χ4n) is 0.972. The molecule has 0 radical (unpaired) electrons. The maximum atomic E-state index is 5.20. The van der Waals surface area contributed by atoms with Crippen molar-refractivity contribution in [3.8, 4) is 0 Å². The van der Waals surface area contributed by atoms with E-state index in [1.807, 2.05) is 24.3 Å². The van der Waals surface area contributed by atoms with Crippen molar-refractivity contribution < 1.29 is 19.1 Å². The smallest absolute Gasteiger partial charge is 0.233 e. The quantitative estimate of drug-likeness (QED) is 0.415. The van der Waals surface area contributed by atoms with Gasteiger partial charge in [-0.2, -0.15) is 9.35 Å². The minimum atomic E-state index is -2.60. The fraction of sp³-hybridized carbons (Fsp3) is 0.333. The van der Waals surface area contributed by atoms with Gasteiger partial charge in [-0.05, 0) is 29.5 Å². The topological polar surface area (TPSA) is 36.9 Å². The number of halogens is 1. The Morgan fingerprint density at radius 2 is 1.71 bits per heavy atom. The van der Waals surface area contributed by atoms with Crippen LogP contribution >= 0.6 is 33.0 Å². The Bertz CT molecular complexity index is 377. The third-order valence-corrected chi connectivity index (χ3v) is 6.62. The van der Waals surface area contributed by atoms with Crippen LogP contribution in [0.1, 0.15) is 5.56 Å². The summed E-state index contributed by atoms with van der Waals surface area (Å²) in [6, 6.07) is 7.92. The van der Waals surface area contributed by atoms with Crippen LogP contribution in [0.15, 0.2) is 28.7 Å². The van der Waals surface area contributed by atoms with Crippen molar-refractivity contribution in [2.75, 3.05) is 14.2 Å². The molecule has 8 heteroatoms. The summed E-state index contributed by atoms with van der Waals surface area (Å²) in [5.41, 5.74) is -1.49. The maximum absolute atomic E-state index is 5.20. The lowest BCUT2D eigenvalue weighted by Crippen LogP contribution is -1.92. The minimum Gasteiger partial charge on any atom is -0.233 e. The zero-order chi connectivity index (χ0) is 12.7. The minimum absolute atomic E-state index is 0.664. The number of rotatable bonds is 7. The molecule has 0 aliphatic heterocycles. The highest BCUT2D eigenvalue weighted by Crippen LogP contribution is 2.62. The van der Waals surface area contributed by atoms with E-state index in [-0.39, 0.29) is 0 Å². The zero-order valence-corrected chi connectivity index (χ0v) is 13.4. The van der Waals surface area contributed by atoms with E-state index in [4.69, 9.17) is 21.2 Å². The molecule has 4 nitrogen and oxygen atoms in total. The molecule has 1 aromatic rings. The third-order valence-electron chi connectivity index (χ3n) is 1.63. The first-order chi connectivity index (χ1) is 8.09. The molecular formula is C9H12BrO4PS2. The van der Waals surface area contributed by atoms with Crippen molar-refractivity contribution in [3.63, 3.8) is 0 Å². The largest absolute Gasteiger partial charge is 0.307 e. The summed E-state index contributed by atoms with van der Waals surface area (Å²) in [7, 11) is 2.78. The van der Waals surface area contributed by atoms with Crippen molar-refractivity contribution in [1.29, 1.82) is 0 Å². The van der Waals surface area contributed by atoms with E-state index in [0.29, 0.717) is 5.75 Å². The summed E-state index contributed by atoms with van der Waals surface area (Å²) in [5, 5.41) is 0. The molecule has 17 heavy (non-hydrogen) atoms. The normalized spacial score (nSPS) is 11.7. The molecule has 0 aliphatic carbocycles. The van der Waals surface area contributed by atoms with Gasteiger partial charge in [0.25, 0.3) is 0 Å². The molecule has 0 spiro atoms. The summed E-state index contributed by atoms with van der Waals surface area (Å²) < 4.78 is 10.9. The van der Waals surface area contributed by atoms with Crippen LogP contribution in [0.3, 0.4) is 0 Å². The van der Waals surface area contributed by atoms with Gasteiger partial charge in [0.1, 0.15) is 0 Å². The average molecular weight is 359 g/mol. The maximum Gasteiger partial charge on any atom is 0.307 e. The van der Waals surface area contributed by atoms with Gasteiger partial charge in [-0.1, -0.05) is 39.4 Å². The second-order valence-corrected chi connectivity index (χ2v) is 9.84. The molecule has 0 unspecified atom stereocenters. The summed E-state index contributed by atoms with van der Waals surface area (Å²) in [6.07, 6.45) is 0. The highest BCUT2D eigenvalue weighted by atomic mass is 79.9. The van der Waals surface area contributed by atoms with Gasteiger partial charge < -0.3 is 0 Å². The molecule has 0 saturated heterocycles. The lowest BCUT2D eigenvalue weighted by Gasteiger charge is -2.16. The molecule has 0 atom stereocenters. The van der Waals surface area contributed by atoms with Gasteiger partial charge in [0.2, 0.25) is 0 Å². The molecule has 1 rings (SSSR count). The Labute approximate surface area is 118 Å². The van der Waals surface area contributed by atoms with Crippen molar-refractivity contribution in [2.24, 2.45) is 0 Å². The highest BCUT2D eigenvalue weighted by molar-refractivity contribution is 9.10. The molecule has 0 bridgehead atoms. The van der Waals surface area contributed by atoms with E-state index in [2.05, 4.69) is 25.7 Å². The monoisotopic (exact) mass is 358 g/mol. The Balaban J connectivity index is 2.57. The number of hydrogen-bond acceptors (Lipinski definition) is 6. The molecule has 0 fully saturated rings. The van der Waals surface area contributed by atoms with Crippen LogP contribution in [0.25, 0.3) is 0 Å². The van der Waals surface area contributed by atoms with Crippen LogP contribution in [0.5, 0.6) is 0 Å². The van der Waals surface area contributed by atoms with Crippen molar-refractivity contribution in [3.05, 3.63) is 34.3 Å². The predicted octanol–water partition coefficient (Wildman–Crippen LogP) is 4.06. The fourth-order valence-corrected chi connectivity index (χ4v) is 4.60. The molecule has 0 N–H and O–H groups in total. The molecule has 0 aromatic heterocycles. The van der Waals surface area contributed by atoms with E-state index >= 15 is 0 Å². The van der Waals surface area contributed by atoms with Gasteiger partial charge in [0, 0.05) is 10.2 Å². The van der Waals surface area contributed by atoms with Crippen LogP contribution in [0.4, 0.5) is 0 Å². The van der Waals surface area contributed by atoms with E-state index in [0.717, 1.165) is 10.0 Å². The molecule has 0 aliphatic rings. The Hall–Kier alpha value is 0.540. The number of benzene rings is 1. The Morgan fingerprint density at radius 3 is 2.18 bits per heavy atom. The van der Waals surface area contributed by atoms with Crippen molar-refractivity contribution >= 4 is 44.8 Å². The van der Waals surface area contributed by atoms with Gasteiger partial charge in [-0.25, -0.2) is 9.78 Å². The van der Waals surface area contributed by atoms with Gasteiger partial charge in [-0.15, -0.1) is 0 Å². The molecule has 0 saturated carbocycles. The second kappa shape index (κ2) is 7.86. The molecule has 1 aromatic carbocycles. The van der Waals surface area contributed by atoms with E-state index in [1.54, 1.807) is 0 Å². The average Bonchev–Trinajstić information content (AvgIpc) is 2.29. The Kier molecular flexibility index (Phi) is 7.21. The first-order valence-electron chi connectivity index (χ1n) is 4.53. The van der Waals surface area contributed by atoms with Crippen LogP contribution in [-0.4, -0.2) is 14.2 Å². The van der Waals surface area contributed by atoms with Gasteiger partial charge in [0.05, 0.1) is 14.2 Å². The molecule has 0 heterocycles. The van der Waals surface area contributed by atoms with Gasteiger partial charge >= 0.3 is 5.69 Å². The first-order valence-corrected chi connectivity index (χ1v) is 9.55. The van der Waals surface area contributed by atoms with Crippen LogP contribution in [0, 0.1) is 0 Å². The standard InChI is InChI=1S/C9H12BrO4PS2/c1-11-13-15(16,14-12-2)17-7-8-3-5-9(10)6-4-8/h3-6H,7H2,1-2H3. The zero-order valence-electron chi connectivity index (χ0n) is 9.29. The van der Waals surface area contributed by atoms with Crippen LogP contribution in [-0.2, 0) is 36.7 Å². The molecular weight excluding hydrogens is 347 g/mol. The van der Waals surface area contributed by atoms with E-state index < -0.39 is 5.69 Å². The van der Waals surface area contributed by atoms with Gasteiger partial charge in [-0.3, -0.25) is 0 Å². The first kappa shape index (κ1) is 15.6. The highest BCUT2D eigenvalue weighted by Gasteiger charge is 2.22. The SMILES string of the molecule is COOP(=S)(OOC)SCc1ccc(Br)cc1. The van der Waals surface area contributed by atoms with Crippen LogP contribution in [0.2, 0.25) is 0 Å². The number of hydrogen-bond donors (Lipinski definition) is 0. The van der Waals surface area contributed by atoms with E-state index in [9.17, 15) is 0 Å². The lowest BCUT2D eigenvalue weighted by molar-refractivity contribution is -0.226. The second-order valence-electron chi connectivity index (χ2n) is 2.83. The lowest BCUT2D eigenvalue weighted by atomic mass is 10.2. The van der Waals surface area contributed by atoms with Crippen molar-refractivity contribution in [2.45, 2.75) is 5.75 Å². The molecule has 0 amide bonds. The summed E-state index contributed by atoms with van der Waals surface area (Å²) in [6.45, 7) is 0.